The van der Waals surface area contributed by atoms with Crippen molar-refractivity contribution in [2.75, 3.05) is 13.1 Å². The summed E-state index contributed by atoms with van der Waals surface area (Å²) in [6.45, 7) is 8.24. The average molecular weight is 258 g/mol. The molecule has 0 aromatic heterocycles. The molecule has 0 aliphatic rings. The van der Waals surface area contributed by atoms with Gasteiger partial charge in [0.05, 0.1) is 0 Å². The molecule has 0 saturated carbocycles. The Labute approximate surface area is 108 Å². The van der Waals surface area contributed by atoms with Gasteiger partial charge in [0.15, 0.2) is 0 Å². The fourth-order valence-electron chi connectivity index (χ4n) is 1.85. The van der Waals surface area contributed by atoms with Crippen molar-refractivity contribution < 1.29 is 4.39 Å². The van der Waals surface area contributed by atoms with Crippen LogP contribution in [0.3, 0.4) is 0 Å². The molecule has 0 saturated heterocycles. The van der Waals surface area contributed by atoms with E-state index in [1.165, 1.54) is 6.07 Å². The van der Waals surface area contributed by atoms with Gasteiger partial charge >= 0.3 is 0 Å². The van der Waals surface area contributed by atoms with Crippen LogP contribution in [0.4, 0.5) is 4.39 Å². The van der Waals surface area contributed by atoms with E-state index in [1.54, 1.807) is 12.1 Å². The molecule has 0 atom stereocenters. The highest BCUT2D eigenvalue weighted by molar-refractivity contribution is 6.31. The number of halogens is 2. The highest BCUT2D eigenvalue weighted by atomic mass is 35.5. The summed E-state index contributed by atoms with van der Waals surface area (Å²) in [5, 5.41) is 3.89. The highest BCUT2D eigenvalue weighted by Crippen LogP contribution is 2.27. The molecular formula is C14H21ClFN. The predicted octanol–water partition coefficient (Wildman–Crippen LogP) is 4.05. The largest absolute Gasteiger partial charge is 0.316 e. The van der Waals surface area contributed by atoms with Gasteiger partial charge in [-0.05, 0) is 36.9 Å². The molecule has 3 heteroatoms. The summed E-state index contributed by atoms with van der Waals surface area (Å²) in [7, 11) is 0. The van der Waals surface area contributed by atoms with Gasteiger partial charge in [-0.2, -0.15) is 0 Å². The summed E-state index contributed by atoms with van der Waals surface area (Å²) in [5.74, 6) is -0.207. The number of rotatable bonds is 6. The zero-order valence-electron chi connectivity index (χ0n) is 10.8. The predicted molar refractivity (Wildman–Crippen MR) is 72.1 cm³/mol. The topological polar surface area (TPSA) is 12.0 Å². The quantitative estimate of drug-likeness (QED) is 0.759. The van der Waals surface area contributed by atoms with Gasteiger partial charge in [0.2, 0.25) is 0 Å². The van der Waals surface area contributed by atoms with Crippen LogP contribution in [0, 0.1) is 11.2 Å². The molecular weight excluding hydrogens is 237 g/mol. The maximum Gasteiger partial charge on any atom is 0.127 e. The third kappa shape index (κ3) is 4.64. The Morgan fingerprint density at radius 2 is 2.06 bits per heavy atom. The Bertz CT molecular complexity index is 343. The molecule has 17 heavy (non-hydrogen) atoms. The van der Waals surface area contributed by atoms with Gasteiger partial charge in [-0.3, -0.25) is 0 Å². The lowest BCUT2D eigenvalue weighted by molar-refractivity contribution is 0.334. The third-order valence-electron chi connectivity index (χ3n) is 2.75. The van der Waals surface area contributed by atoms with Crippen molar-refractivity contribution >= 4 is 11.6 Å². The van der Waals surface area contributed by atoms with E-state index in [0.717, 1.165) is 19.5 Å². The summed E-state index contributed by atoms with van der Waals surface area (Å²) in [4.78, 5) is 0. The maximum atomic E-state index is 13.7. The first-order valence-corrected chi connectivity index (χ1v) is 6.47. The van der Waals surface area contributed by atoms with Gasteiger partial charge in [0.25, 0.3) is 0 Å². The number of nitrogens with one attached hydrogen (secondary N) is 1. The molecule has 0 unspecified atom stereocenters. The van der Waals surface area contributed by atoms with Crippen molar-refractivity contribution in [2.45, 2.75) is 33.6 Å². The van der Waals surface area contributed by atoms with Gasteiger partial charge < -0.3 is 5.32 Å². The van der Waals surface area contributed by atoms with Gasteiger partial charge in [0.1, 0.15) is 5.82 Å². The van der Waals surface area contributed by atoms with Crippen LogP contribution in [0.15, 0.2) is 18.2 Å². The van der Waals surface area contributed by atoms with E-state index in [1.807, 2.05) is 0 Å². The first kappa shape index (κ1) is 14.5. The van der Waals surface area contributed by atoms with E-state index in [2.05, 4.69) is 26.1 Å². The van der Waals surface area contributed by atoms with Crippen LogP contribution >= 0.6 is 11.6 Å². The second kappa shape index (κ2) is 6.36. The molecule has 0 heterocycles. The molecule has 0 spiro atoms. The minimum Gasteiger partial charge on any atom is -0.316 e. The van der Waals surface area contributed by atoms with E-state index in [-0.39, 0.29) is 11.2 Å². The molecule has 1 rings (SSSR count). The minimum atomic E-state index is -0.207. The van der Waals surface area contributed by atoms with Gasteiger partial charge in [-0.1, -0.05) is 38.4 Å². The third-order valence-corrected chi connectivity index (χ3v) is 3.10. The number of hydrogen-bond acceptors (Lipinski definition) is 1. The Morgan fingerprint density at radius 3 is 2.65 bits per heavy atom. The lowest BCUT2D eigenvalue weighted by Gasteiger charge is -2.26. The molecule has 0 aliphatic heterocycles. The molecule has 1 aromatic carbocycles. The summed E-state index contributed by atoms with van der Waals surface area (Å²) in [6.07, 6.45) is 1.76. The molecule has 96 valence electrons. The highest BCUT2D eigenvalue weighted by Gasteiger charge is 2.21. The Hall–Kier alpha value is -0.600. The molecule has 0 bridgehead atoms. The van der Waals surface area contributed by atoms with Gasteiger partial charge in [-0.15, -0.1) is 0 Å². The Kier molecular flexibility index (Phi) is 5.41. The smallest absolute Gasteiger partial charge is 0.127 e. The van der Waals surface area contributed by atoms with E-state index in [9.17, 15) is 4.39 Å². The van der Waals surface area contributed by atoms with Crippen molar-refractivity contribution in [3.8, 4) is 0 Å². The van der Waals surface area contributed by atoms with Crippen molar-refractivity contribution in [3.63, 3.8) is 0 Å². The second-order valence-electron chi connectivity index (χ2n) is 5.22. The molecule has 0 radical (unpaired) electrons. The lowest BCUT2D eigenvalue weighted by Crippen LogP contribution is -2.32. The molecule has 0 aliphatic carbocycles. The second-order valence-corrected chi connectivity index (χ2v) is 5.63. The van der Waals surface area contributed by atoms with E-state index >= 15 is 0 Å². The molecule has 0 amide bonds. The number of benzene rings is 1. The molecule has 0 fully saturated rings. The van der Waals surface area contributed by atoms with Crippen LogP contribution in [0.1, 0.15) is 32.8 Å². The fourth-order valence-corrected chi connectivity index (χ4v) is 2.08. The lowest BCUT2D eigenvalue weighted by atomic mass is 9.85. The van der Waals surface area contributed by atoms with Crippen LogP contribution in [0.25, 0.3) is 0 Å². The monoisotopic (exact) mass is 257 g/mol. The van der Waals surface area contributed by atoms with Crippen molar-refractivity contribution in [2.24, 2.45) is 5.41 Å². The Morgan fingerprint density at radius 1 is 1.35 bits per heavy atom. The standard InChI is InChI=1S/C14H21ClFN/c1-4-8-17-10-14(2,3)9-11-12(15)6-5-7-13(11)16/h5-7,17H,4,8-10H2,1-3H3. The first-order valence-electron chi connectivity index (χ1n) is 6.10. The average Bonchev–Trinajstić information content (AvgIpc) is 2.24. The fraction of sp³-hybridized carbons (Fsp3) is 0.571. The van der Waals surface area contributed by atoms with E-state index in [0.29, 0.717) is 17.0 Å². The molecule has 1 nitrogen and oxygen atoms in total. The van der Waals surface area contributed by atoms with Crippen LogP contribution in [-0.2, 0) is 6.42 Å². The van der Waals surface area contributed by atoms with E-state index in [4.69, 9.17) is 11.6 Å². The van der Waals surface area contributed by atoms with E-state index < -0.39 is 0 Å². The Balaban J connectivity index is 2.69. The maximum absolute atomic E-state index is 13.7. The summed E-state index contributed by atoms with van der Waals surface area (Å²) < 4.78 is 13.7. The van der Waals surface area contributed by atoms with Crippen LogP contribution < -0.4 is 5.32 Å². The summed E-state index contributed by atoms with van der Waals surface area (Å²) in [6, 6.07) is 4.86. The first-order chi connectivity index (χ1) is 7.96. The minimum absolute atomic E-state index is 0.000995. The summed E-state index contributed by atoms with van der Waals surface area (Å²) in [5.41, 5.74) is 0.624. The van der Waals surface area contributed by atoms with Crippen LogP contribution in [0.5, 0.6) is 0 Å². The van der Waals surface area contributed by atoms with Gasteiger partial charge in [-0.25, -0.2) is 4.39 Å². The van der Waals surface area contributed by atoms with Crippen molar-refractivity contribution in [3.05, 3.63) is 34.6 Å². The molecule has 1 aromatic rings. The van der Waals surface area contributed by atoms with Crippen LogP contribution in [0.2, 0.25) is 5.02 Å². The zero-order valence-corrected chi connectivity index (χ0v) is 11.6. The SMILES string of the molecule is CCCNCC(C)(C)Cc1c(F)cccc1Cl. The van der Waals surface area contributed by atoms with Crippen molar-refractivity contribution in [1.82, 2.24) is 5.32 Å². The van der Waals surface area contributed by atoms with Crippen molar-refractivity contribution in [1.29, 1.82) is 0 Å². The zero-order chi connectivity index (χ0) is 12.9. The summed E-state index contributed by atoms with van der Waals surface area (Å²) >= 11 is 6.04. The molecule has 1 N–H and O–H groups in total. The normalized spacial score (nSPS) is 11.8. The van der Waals surface area contributed by atoms with Gasteiger partial charge in [0, 0.05) is 17.1 Å². The van der Waals surface area contributed by atoms with Crippen LogP contribution in [-0.4, -0.2) is 13.1 Å². The number of hydrogen-bond donors (Lipinski definition) is 1.